The van der Waals surface area contributed by atoms with Gasteiger partial charge in [-0.15, -0.1) is 0 Å². The molecule has 5 heteroatoms. The number of rotatable bonds is 3. The molecule has 0 bridgehead atoms. The number of H-pyrrole nitrogens is 1. The van der Waals surface area contributed by atoms with E-state index in [-0.39, 0.29) is 5.82 Å². The summed E-state index contributed by atoms with van der Waals surface area (Å²) in [5.41, 5.74) is 3.93. The van der Waals surface area contributed by atoms with Gasteiger partial charge in [-0.05, 0) is 36.8 Å². The predicted octanol–water partition coefficient (Wildman–Crippen LogP) is 4.82. The van der Waals surface area contributed by atoms with Gasteiger partial charge in [-0.1, -0.05) is 19.9 Å². The maximum atomic E-state index is 14.0. The van der Waals surface area contributed by atoms with Crippen molar-refractivity contribution in [1.29, 1.82) is 0 Å². The molecule has 0 fully saturated rings. The van der Waals surface area contributed by atoms with Crippen LogP contribution in [0.5, 0.6) is 0 Å². The number of fused-ring (bicyclic) bond motifs is 1. The van der Waals surface area contributed by atoms with Gasteiger partial charge in [-0.3, -0.25) is 5.10 Å². The average Bonchev–Trinajstić information content (AvgIpc) is 3.01. The highest BCUT2D eigenvalue weighted by molar-refractivity contribution is 5.99. The lowest BCUT2D eigenvalue weighted by Gasteiger charge is -2.13. The molecule has 1 heterocycles. The molecular weight excluding hydrogens is 279 g/mol. The Morgan fingerprint density at radius 2 is 1.82 bits per heavy atom. The van der Waals surface area contributed by atoms with Crippen molar-refractivity contribution in [3.63, 3.8) is 0 Å². The monoisotopic (exact) mass is 300 g/mol. The van der Waals surface area contributed by atoms with Gasteiger partial charge in [0.15, 0.2) is 0 Å². The van der Waals surface area contributed by atoms with Gasteiger partial charge in [0.25, 0.3) is 0 Å². The molecule has 0 aliphatic carbocycles. The van der Waals surface area contributed by atoms with Crippen LogP contribution in [0.25, 0.3) is 10.9 Å². The molecule has 3 N–H and O–H groups in total. The van der Waals surface area contributed by atoms with E-state index in [9.17, 15) is 4.39 Å². The van der Waals surface area contributed by atoms with Gasteiger partial charge in [0.05, 0.1) is 28.8 Å². The van der Waals surface area contributed by atoms with Crippen LogP contribution in [0.15, 0.2) is 36.5 Å². The number of aromatic amines is 1. The van der Waals surface area contributed by atoms with Crippen LogP contribution >= 0.6 is 0 Å². The summed E-state index contributed by atoms with van der Waals surface area (Å²) in [6.07, 6.45) is 1.73. The van der Waals surface area contributed by atoms with Crippen molar-refractivity contribution in [2.75, 3.05) is 17.7 Å². The van der Waals surface area contributed by atoms with Crippen LogP contribution in [0.1, 0.15) is 19.4 Å². The minimum Gasteiger partial charge on any atom is -0.386 e. The molecule has 1 aromatic heterocycles. The highest BCUT2D eigenvalue weighted by Gasteiger charge is 2.11. The Morgan fingerprint density at radius 3 is 2.50 bits per heavy atom. The van der Waals surface area contributed by atoms with E-state index in [0.717, 1.165) is 27.8 Å². The second-order valence-corrected chi connectivity index (χ2v) is 4.68. The third-order valence-electron chi connectivity index (χ3n) is 3.28. The summed E-state index contributed by atoms with van der Waals surface area (Å²) in [6.45, 7) is 5.86. The van der Waals surface area contributed by atoms with Gasteiger partial charge < -0.3 is 10.6 Å². The van der Waals surface area contributed by atoms with Gasteiger partial charge in [-0.25, -0.2) is 4.39 Å². The summed E-state index contributed by atoms with van der Waals surface area (Å²) in [4.78, 5) is 0. The largest absolute Gasteiger partial charge is 0.386 e. The Hall–Kier alpha value is -2.56. The highest BCUT2D eigenvalue weighted by Crippen LogP contribution is 2.33. The zero-order chi connectivity index (χ0) is 16.1. The number of hydrogen-bond acceptors (Lipinski definition) is 3. The average molecular weight is 300 g/mol. The smallest absolute Gasteiger partial charge is 0.146 e. The molecule has 0 saturated carbocycles. The van der Waals surface area contributed by atoms with Crippen molar-refractivity contribution in [1.82, 2.24) is 10.2 Å². The van der Waals surface area contributed by atoms with Crippen LogP contribution in [0.4, 0.5) is 21.5 Å². The van der Waals surface area contributed by atoms with Crippen LogP contribution in [0.2, 0.25) is 0 Å². The predicted molar refractivity (Wildman–Crippen MR) is 91.4 cm³/mol. The molecule has 0 spiro atoms. The van der Waals surface area contributed by atoms with Gasteiger partial charge in [0, 0.05) is 12.4 Å². The minimum atomic E-state index is -0.271. The Bertz CT molecular complexity index is 764. The molecule has 0 aliphatic rings. The molecule has 116 valence electrons. The first-order valence-corrected chi connectivity index (χ1v) is 7.36. The number of benzene rings is 2. The molecule has 22 heavy (non-hydrogen) atoms. The van der Waals surface area contributed by atoms with Crippen LogP contribution in [0.3, 0.4) is 0 Å². The van der Waals surface area contributed by atoms with E-state index in [4.69, 9.17) is 0 Å². The standard InChI is InChI=1S/C15H15FN4.C2H6/c1-9-3-4-13(11(16)7-9)19-15-10-8-18-20-12(10)5-6-14(15)17-2;1-2/h3-8,17,19H,1-2H3,(H,18,20);1-2H3. The summed E-state index contributed by atoms with van der Waals surface area (Å²) in [6, 6.07) is 8.99. The molecule has 3 aromatic rings. The SMILES string of the molecule is CC.CNc1ccc2[nH]ncc2c1Nc1ccc(C)cc1F. The van der Waals surface area contributed by atoms with Crippen molar-refractivity contribution < 1.29 is 4.39 Å². The fraction of sp³-hybridized carbons (Fsp3) is 0.235. The second kappa shape index (κ2) is 6.93. The fourth-order valence-corrected chi connectivity index (χ4v) is 2.22. The minimum absolute atomic E-state index is 0.271. The third-order valence-corrected chi connectivity index (χ3v) is 3.28. The first kappa shape index (κ1) is 15.8. The number of anilines is 3. The molecule has 0 atom stereocenters. The van der Waals surface area contributed by atoms with E-state index in [1.165, 1.54) is 6.07 Å². The van der Waals surface area contributed by atoms with Crippen LogP contribution in [-0.4, -0.2) is 17.2 Å². The van der Waals surface area contributed by atoms with E-state index in [2.05, 4.69) is 20.8 Å². The Kier molecular flexibility index (Phi) is 4.99. The summed E-state index contributed by atoms with van der Waals surface area (Å²) in [5, 5.41) is 14.1. The van der Waals surface area contributed by atoms with Crippen molar-refractivity contribution in [3.05, 3.63) is 47.9 Å². The van der Waals surface area contributed by atoms with E-state index in [1.807, 2.05) is 46.0 Å². The molecule has 0 aliphatic heterocycles. The molecule has 0 amide bonds. The number of nitrogens with one attached hydrogen (secondary N) is 3. The third kappa shape index (κ3) is 3.03. The van der Waals surface area contributed by atoms with Gasteiger partial charge in [0.1, 0.15) is 5.82 Å². The lowest BCUT2D eigenvalue weighted by Crippen LogP contribution is -1.99. The molecule has 3 rings (SSSR count). The molecular formula is C17H21FN4. The number of halogens is 1. The van der Waals surface area contributed by atoms with E-state index < -0.39 is 0 Å². The number of hydrogen-bond donors (Lipinski definition) is 3. The first-order valence-electron chi connectivity index (χ1n) is 7.36. The molecule has 0 saturated heterocycles. The fourth-order valence-electron chi connectivity index (χ4n) is 2.22. The lowest BCUT2D eigenvalue weighted by molar-refractivity contribution is 0.631. The summed E-state index contributed by atoms with van der Waals surface area (Å²) in [7, 11) is 1.83. The maximum Gasteiger partial charge on any atom is 0.146 e. The number of aryl methyl sites for hydroxylation is 1. The van der Waals surface area contributed by atoms with E-state index >= 15 is 0 Å². The quantitative estimate of drug-likeness (QED) is 0.650. The van der Waals surface area contributed by atoms with E-state index in [0.29, 0.717) is 5.69 Å². The van der Waals surface area contributed by atoms with E-state index in [1.54, 1.807) is 12.3 Å². The lowest BCUT2D eigenvalue weighted by atomic mass is 10.1. The second-order valence-electron chi connectivity index (χ2n) is 4.68. The van der Waals surface area contributed by atoms with Crippen molar-refractivity contribution >= 4 is 28.0 Å². The number of nitrogens with zero attached hydrogens (tertiary/aromatic N) is 1. The Morgan fingerprint density at radius 1 is 1.09 bits per heavy atom. The van der Waals surface area contributed by atoms with Gasteiger partial charge in [-0.2, -0.15) is 5.10 Å². The summed E-state index contributed by atoms with van der Waals surface area (Å²) >= 11 is 0. The van der Waals surface area contributed by atoms with Crippen molar-refractivity contribution in [2.24, 2.45) is 0 Å². The van der Waals surface area contributed by atoms with Crippen LogP contribution < -0.4 is 10.6 Å². The van der Waals surface area contributed by atoms with Crippen molar-refractivity contribution in [3.8, 4) is 0 Å². The Labute approximate surface area is 129 Å². The molecule has 0 unspecified atom stereocenters. The molecule has 2 aromatic carbocycles. The highest BCUT2D eigenvalue weighted by atomic mass is 19.1. The van der Waals surface area contributed by atoms with Crippen LogP contribution in [0, 0.1) is 12.7 Å². The summed E-state index contributed by atoms with van der Waals surface area (Å²) < 4.78 is 14.0. The van der Waals surface area contributed by atoms with Crippen molar-refractivity contribution in [2.45, 2.75) is 20.8 Å². The maximum absolute atomic E-state index is 14.0. The van der Waals surface area contributed by atoms with Crippen LogP contribution in [-0.2, 0) is 0 Å². The summed E-state index contributed by atoms with van der Waals surface area (Å²) in [5.74, 6) is -0.271. The topological polar surface area (TPSA) is 52.7 Å². The first-order chi connectivity index (χ1) is 10.7. The molecule has 4 nitrogen and oxygen atoms in total. The van der Waals surface area contributed by atoms with Gasteiger partial charge in [0.2, 0.25) is 0 Å². The molecule has 0 radical (unpaired) electrons. The number of aromatic nitrogens is 2. The zero-order valence-electron chi connectivity index (χ0n) is 13.3. The Balaban J connectivity index is 0.000000847. The zero-order valence-corrected chi connectivity index (χ0v) is 13.3. The normalized spacial score (nSPS) is 10.0. The van der Waals surface area contributed by atoms with Gasteiger partial charge >= 0.3 is 0 Å².